The maximum Gasteiger partial charge on any atom is 0.190 e. The molecule has 2 heterocycles. The molecule has 2 aliphatic heterocycles. The van der Waals surface area contributed by atoms with Crippen LogP contribution in [-0.4, -0.2) is 54.4 Å². The van der Waals surface area contributed by atoms with Gasteiger partial charge in [0.05, 0.1) is 6.04 Å². The van der Waals surface area contributed by atoms with E-state index in [0.717, 1.165) is 6.92 Å². The van der Waals surface area contributed by atoms with Crippen LogP contribution < -0.4 is 0 Å². The summed E-state index contributed by atoms with van der Waals surface area (Å²) in [4.78, 5) is -0.0587. The summed E-state index contributed by atoms with van der Waals surface area (Å²) in [6.07, 6.45) is -19.0. The fourth-order valence-corrected chi connectivity index (χ4v) is 2.67. The summed E-state index contributed by atoms with van der Waals surface area (Å²) in [7, 11) is 0. The summed E-state index contributed by atoms with van der Waals surface area (Å²) >= 11 is 0. The van der Waals surface area contributed by atoms with Gasteiger partial charge in [-0.2, -0.15) is 0 Å². The van der Waals surface area contributed by atoms with Gasteiger partial charge in [0, 0.05) is 5.92 Å². The van der Waals surface area contributed by atoms with Crippen molar-refractivity contribution in [1.82, 2.24) is 4.90 Å². The van der Waals surface area contributed by atoms with Crippen molar-refractivity contribution in [3.05, 3.63) is 0 Å². The average molecular weight is 279 g/mol. The van der Waals surface area contributed by atoms with E-state index in [1.54, 1.807) is 0 Å². The lowest BCUT2D eigenvalue weighted by Gasteiger charge is -2.51. The first-order valence-corrected chi connectivity index (χ1v) is 5.55. The van der Waals surface area contributed by atoms with Crippen molar-refractivity contribution in [2.75, 3.05) is 0 Å². The van der Waals surface area contributed by atoms with Crippen molar-refractivity contribution in [2.45, 2.75) is 56.4 Å². The van der Waals surface area contributed by atoms with E-state index in [0.29, 0.717) is 0 Å². The first-order chi connectivity index (χ1) is 8.29. The molecule has 0 spiro atoms. The van der Waals surface area contributed by atoms with Gasteiger partial charge in [-0.1, -0.05) is 6.92 Å². The largest absolute Gasteiger partial charge is 0.244 e. The van der Waals surface area contributed by atoms with Crippen LogP contribution in [0.15, 0.2) is 0 Å². The summed E-state index contributed by atoms with van der Waals surface area (Å²) in [6, 6.07) is -1.85. The Morgan fingerprint density at radius 1 is 0.611 bits per heavy atom. The molecule has 0 saturated carbocycles. The number of rotatable bonds is 0. The topological polar surface area (TPSA) is 3.24 Å². The van der Waals surface area contributed by atoms with E-state index in [1.165, 1.54) is 0 Å². The van der Waals surface area contributed by atoms with Crippen molar-refractivity contribution >= 4 is 0 Å². The first kappa shape index (κ1) is 13.9. The second kappa shape index (κ2) is 4.54. The summed E-state index contributed by atoms with van der Waals surface area (Å²) in [6.45, 7) is 1.02. The molecule has 0 amide bonds. The molecule has 9 unspecified atom stereocenters. The maximum absolute atomic E-state index is 13.6. The van der Waals surface area contributed by atoms with Crippen LogP contribution in [0.2, 0.25) is 0 Å². The van der Waals surface area contributed by atoms with E-state index in [2.05, 4.69) is 0 Å². The Morgan fingerprint density at radius 2 is 1.06 bits per heavy atom. The molecule has 1 nitrogen and oxygen atoms in total. The van der Waals surface area contributed by atoms with E-state index in [4.69, 9.17) is 0 Å². The monoisotopic (exact) mass is 279 g/mol. The summed E-state index contributed by atoms with van der Waals surface area (Å²) in [5.74, 6) is -1.47. The molecule has 0 aromatic carbocycles. The zero-order valence-electron chi connectivity index (χ0n) is 9.29. The Morgan fingerprint density at radius 3 is 1.56 bits per heavy atom. The minimum Gasteiger partial charge on any atom is -0.244 e. The lowest BCUT2D eigenvalue weighted by Crippen LogP contribution is -2.71. The number of hydrogen-bond acceptors (Lipinski definition) is 1. The number of alkyl halides is 7. The van der Waals surface area contributed by atoms with Crippen LogP contribution in [0, 0.1) is 5.92 Å². The predicted molar refractivity (Wildman–Crippen MR) is 49.1 cm³/mol. The number of piperidine rings is 2. The Bertz CT molecular complexity index is 259. The summed E-state index contributed by atoms with van der Waals surface area (Å²) in [5, 5.41) is 0. The van der Waals surface area contributed by atoms with Gasteiger partial charge >= 0.3 is 0 Å². The molecule has 0 aromatic rings. The number of fused-ring (bicyclic) bond motifs is 1. The highest BCUT2D eigenvalue weighted by molar-refractivity contribution is 5.06. The smallest absolute Gasteiger partial charge is 0.190 e. The molecule has 0 N–H and O–H groups in total. The molecule has 2 rings (SSSR count). The Kier molecular flexibility index (Phi) is 3.50. The van der Waals surface area contributed by atoms with E-state index in [1.807, 2.05) is 0 Å². The fraction of sp³-hybridized carbons (Fsp3) is 1.00. The molecule has 0 aliphatic carbocycles. The van der Waals surface area contributed by atoms with E-state index >= 15 is 0 Å². The standard InChI is InChI=1S/C10H12F7N/c1-2-3(11)6(14)9(16)18-8(2)5(13)4(12)7(15)10(18)17/h2-10H,1H3. The SMILES string of the molecule is CC1C(F)C(F)C(F)N2C(F)C(F)C(F)C(F)C12. The predicted octanol–water partition coefficient (Wildman–Crippen LogP) is 2.60. The normalized spacial score (nSPS) is 58.3. The second-order valence-corrected chi connectivity index (χ2v) is 4.76. The molecule has 106 valence electrons. The molecule has 2 saturated heterocycles. The highest BCUT2D eigenvalue weighted by Gasteiger charge is 2.61. The quantitative estimate of drug-likeness (QED) is 0.486. The molecule has 0 radical (unpaired) electrons. The Balaban J connectivity index is 2.36. The minimum absolute atomic E-state index is 0.0587. The number of hydrogen-bond donors (Lipinski definition) is 0. The van der Waals surface area contributed by atoms with Gasteiger partial charge in [0.1, 0.15) is 6.17 Å². The van der Waals surface area contributed by atoms with Crippen molar-refractivity contribution < 1.29 is 30.7 Å². The zero-order valence-corrected chi connectivity index (χ0v) is 9.29. The highest BCUT2D eigenvalue weighted by Crippen LogP contribution is 2.43. The van der Waals surface area contributed by atoms with Gasteiger partial charge in [0.15, 0.2) is 37.3 Å². The van der Waals surface area contributed by atoms with Gasteiger partial charge in [-0.3, -0.25) is 0 Å². The van der Waals surface area contributed by atoms with E-state index in [9.17, 15) is 30.7 Å². The highest BCUT2D eigenvalue weighted by atomic mass is 19.2. The van der Waals surface area contributed by atoms with Gasteiger partial charge in [-0.05, 0) is 0 Å². The molecule has 0 aromatic heterocycles. The van der Waals surface area contributed by atoms with Crippen molar-refractivity contribution in [3.63, 3.8) is 0 Å². The molecular formula is C10H12F7N. The zero-order chi connectivity index (χ0) is 13.8. The van der Waals surface area contributed by atoms with Crippen LogP contribution in [0.1, 0.15) is 6.92 Å². The van der Waals surface area contributed by atoms with Gasteiger partial charge in [-0.15, -0.1) is 0 Å². The van der Waals surface area contributed by atoms with Crippen LogP contribution in [0.25, 0.3) is 0 Å². The summed E-state index contributed by atoms with van der Waals surface area (Å²) in [5.41, 5.74) is 0. The van der Waals surface area contributed by atoms with Gasteiger partial charge < -0.3 is 0 Å². The second-order valence-electron chi connectivity index (χ2n) is 4.76. The molecular weight excluding hydrogens is 267 g/mol. The number of halogens is 7. The molecule has 0 bridgehead atoms. The first-order valence-electron chi connectivity index (χ1n) is 5.55. The third-order valence-electron chi connectivity index (χ3n) is 3.72. The van der Waals surface area contributed by atoms with Crippen LogP contribution in [0.5, 0.6) is 0 Å². The average Bonchev–Trinajstić information content (AvgIpc) is 2.35. The molecule has 9 atom stereocenters. The minimum atomic E-state index is -2.91. The van der Waals surface area contributed by atoms with E-state index in [-0.39, 0.29) is 4.90 Å². The van der Waals surface area contributed by atoms with Crippen LogP contribution in [0.3, 0.4) is 0 Å². The molecule has 2 aliphatic rings. The van der Waals surface area contributed by atoms with Crippen molar-refractivity contribution in [3.8, 4) is 0 Å². The van der Waals surface area contributed by atoms with Gasteiger partial charge in [0.25, 0.3) is 0 Å². The van der Waals surface area contributed by atoms with Crippen LogP contribution >= 0.6 is 0 Å². The van der Waals surface area contributed by atoms with E-state index < -0.39 is 55.4 Å². The Labute approximate surface area is 98.9 Å². The molecule has 18 heavy (non-hydrogen) atoms. The molecule has 2 fully saturated rings. The third kappa shape index (κ3) is 1.71. The van der Waals surface area contributed by atoms with Crippen molar-refractivity contribution in [1.29, 1.82) is 0 Å². The van der Waals surface area contributed by atoms with Crippen LogP contribution in [0.4, 0.5) is 30.7 Å². The Hall–Kier alpha value is -0.530. The van der Waals surface area contributed by atoms with Crippen molar-refractivity contribution in [2.24, 2.45) is 5.92 Å². The summed E-state index contributed by atoms with van der Waals surface area (Å²) < 4.78 is 93.4. The maximum atomic E-state index is 13.6. The molecule has 8 heteroatoms. The number of nitrogens with zero attached hydrogens (tertiary/aromatic N) is 1. The lowest BCUT2D eigenvalue weighted by atomic mass is 9.80. The lowest BCUT2D eigenvalue weighted by molar-refractivity contribution is -0.226. The van der Waals surface area contributed by atoms with Gasteiger partial charge in [0.2, 0.25) is 0 Å². The van der Waals surface area contributed by atoms with Gasteiger partial charge in [-0.25, -0.2) is 35.6 Å². The third-order valence-corrected chi connectivity index (χ3v) is 3.72. The van der Waals surface area contributed by atoms with Crippen LogP contribution in [-0.2, 0) is 0 Å². The fourth-order valence-electron chi connectivity index (χ4n) is 2.67.